The Morgan fingerprint density at radius 2 is 2.57 bits per heavy atom. The SMILES string of the molecule is SOC1CCNC1. The average Bonchev–Trinajstić information content (AvgIpc) is 2.14. The van der Waals surface area contributed by atoms with Gasteiger partial charge in [0.1, 0.15) is 0 Å². The Hall–Kier alpha value is 0.270. The lowest BCUT2D eigenvalue weighted by Gasteiger charge is -1.99. The predicted octanol–water partition coefficient (Wildman–Crippen LogP) is 0.210. The van der Waals surface area contributed by atoms with E-state index in [2.05, 4.69) is 18.2 Å². The van der Waals surface area contributed by atoms with Crippen molar-refractivity contribution in [2.24, 2.45) is 0 Å². The molecule has 3 heteroatoms. The van der Waals surface area contributed by atoms with Crippen molar-refractivity contribution in [2.45, 2.75) is 12.5 Å². The highest BCUT2D eigenvalue weighted by Crippen LogP contribution is 2.03. The van der Waals surface area contributed by atoms with Gasteiger partial charge in [0.25, 0.3) is 0 Å². The Morgan fingerprint density at radius 1 is 1.71 bits per heavy atom. The van der Waals surface area contributed by atoms with E-state index in [0.717, 1.165) is 19.5 Å². The zero-order valence-corrected chi connectivity index (χ0v) is 4.95. The van der Waals surface area contributed by atoms with E-state index in [0.29, 0.717) is 6.10 Å². The van der Waals surface area contributed by atoms with E-state index in [9.17, 15) is 0 Å². The smallest absolute Gasteiger partial charge is 0.0855 e. The Balaban J connectivity index is 2.14. The average molecular weight is 119 g/mol. The highest BCUT2D eigenvalue weighted by Gasteiger charge is 2.12. The predicted molar refractivity (Wildman–Crippen MR) is 31.3 cm³/mol. The molecule has 1 N–H and O–H groups in total. The van der Waals surface area contributed by atoms with E-state index < -0.39 is 0 Å². The van der Waals surface area contributed by atoms with Crippen LogP contribution in [0.4, 0.5) is 0 Å². The molecule has 7 heavy (non-hydrogen) atoms. The van der Waals surface area contributed by atoms with Crippen molar-refractivity contribution in [3.63, 3.8) is 0 Å². The van der Waals surface area contributed by atoms with E-state index in [1.54, 1.807) is 0 Å². The van der Waals surface area contributed by atoms with Crippen LogP contribution in [0.1, 0.15) is 6.42 Å². The van der Waals surface area contributed by atoms with E-state index in [1.165, 1.54) is 0 Å². The van der Waals surface area contributed by atoms with Gasteiger partial charge in [0.2, 0.25) is 0 Å². The molecule has 0 aliphatic carbocycles. The summed E-state index contributed by atoms with van der Waals surface area (Å²) < 4.78 is 4.74. The molecule has 0 aromatic carbocycles. The Morgan fingerprint density at radius 3 is 2.86 bits per heavy atom. The summed E-state index contributed by atoms with van der Waals surface area (Å²) in [5.74, 6) is 0. The van der Waals surface area contributed by atoms with Crippen LogP contribution >= 0.6 is 12.9 Å². The van der Waals surface area contributed by atoms with Gasteiger partial charge in [0.05, 0.1) is 6.10 Å². The monoisotopic (exact) mass is 119 g/mol. The van der Waals surface area contributed by atoms with Crippen LogP contribution in [-0.2, 0) is 4.18 Å². The van der Waals surface area contributed by atoms with Gasteiger partial charge in [-0.15, -0.1) is 0 Å². The molecule has 1 rings (SSSR count). The third kappa shape index (κ3) is 1.33. The molecule has 0 aromatic heterocycles. The quantitative estimate of drug-likeness (QED) is 0.380. The van der Waals surface area contributed by atoms with E-state index in [-0.39, 0.29) is 0 Å². The molecular weight excluding hydrogens is 110 g/mol. The number of hydrogen-bond acceptors (Lipinski definition) is 3. The fraction of sp³-hybridized carbons (Fsp3) is 1.00. The van der Waals surface area contributed by atoms with Gasteiger partial charge in [-0.2, -0.15) is 0 Å². The lowest BCUT2D eigenvalue weighted by molar-refractivity contribution is 0.272. The Labute approximate surface area is 48.9 Å². The minimum atomic E-state index is 0.350. The van der Waals surface area contributed by atoms with Crippen molar-refractivity contribution in [3.8, 4) is 0 Å². The molecule has 0 radical (unpaired) electrons. The van der Waals surface area contributed by atoms with Crippen molar-refractivity contribution in [1.29, 1.82) is 0 Å². The molecule has 1 fully saturated rings. The number of hydrogen-bond donors (Lipinski definition) is 2. The maximum Gasteiger partial charge on any atom is 0.0855 e. The van der Waals surface area contributed by atoms with Crippen molar-refractivity contribution >= 4 is 12.9 Å². The second-order valence-electron chi connectivity index (χ2n) is 1.72. The van der Waals surface area contributed by atoms with Gasteiger partial charge in [-0.25, -0.2) is 0 Å². The first kappa shape index (κ1) is 5.41. The minimum absolute atomic E-state index is 0.350. The van der Waals surface area contributed by atoms with Gasteiger partial charge in [-0.3, -0.25) is 0 Å². The summed E-state index contributed by atoms with van der Waals surface area (Å²) in [7, 11) is 0. The fourth-order valence-corrected chi connectivity index (χ4v) is 0.898. The third-order valence-corrected chi connectivity index (χ3v) is 1.46. The lowest BCUT2D eigenvalue weighted by Crippen LogP contribution is -2.12. The first-order valence-electron chi connectivity index (χ1n) is 2.44. The van der Waals surface area contributed by atoms with Gasteiger partial charge in [0.15, 0.2) is 0 Å². The molecule has 0 saturated carbocycles. The summed E-state index contributed by atoms with van der Waals surface area (Å²) in [6.07, 6.45) is 1.45. The van der Waals surface area contributed by atoms with Crippen molar-refractivity contribution in [1.82, 2.24) is 5.32 Å². The lowest BCUT2D eigenvalue weighted by atomic mass is 10.3. The van der Waals surface area contributed by atoms with Gasteiger partial charge < -0.3 is 9.50 Å². The maximum absolute atomic E-state index is 4.74. The van der Waals surface area contributed by atoms with Crippen LogP contribution in [0.5, 0.6) is 0 Å². The molecule has 1 unspecified atom stereocenters. The van der Waals surface area contributed by atoms with E-state index >= 15 is 0 Å². The summed E-state index contributed by atoms with van der Waals surface area (Å²) in [6.45, 7) is 2.04. The minimum Gasteiger partial charge on any atom is -0.314 e. The molecule has 1 heterocycles. The zero-order chi connectivity index (χ0) is 5.11. The van der Waals surface area contributed by atoms with Crippen LogP contribution in [-0.4, -0.2) is 19.2 Å². The van der Waals surface area contributed by atoms with Gasteiger partial charge in [-0.1, -0.05) is 0 Å². The second kappa shape index (κ2) is 2.55. The van der Waals surface area contributed by atoms with Crippen molar-refractivity contribution in [2.75, 3.05) is 13.1 Å². The van der Waals surface area contributed by atoms with Crippen LogP contribution in [0, 0.1) is 0 Å². The molecule has 0 amide bonds. The van der Waals surface area contributed by atoms with Gasteiger partial charge >= 0.3 is 0 Å². The van der Waals surface area contributed by atoms with Gasteiger partial charge in [0, 0.05) is 6.54 Å². The number of thiol groups is 1. The molecule has 1 saturated heterocycles. The maximum atomic E-state index is 4.74. The molecule has 2 nitrogen and oxygen atoms in total. The van der Waals surface area contributed by atoms with Crippen LogP contribution in [0.15, 0.2) is 0 Å². The molecule has 1 aliphatic heterocycles. The zero-order valence-electron chi connectivity index (χ0n) is 4.05. The molecule has 0 bridgehead atoms. The summed E-state index contributed by atoms with van der Waals surface area (Å²) >= 11 is 3.68. The summed E-state index contributed by atoms with van der Waals surface area (Å²) in [5, 5.41) is 3.15. The molecule has 42 valence electrons. The van der Waals surface area contributed by atoms with Crippen LogP contribution in [0.25, 0.3) is 0 Å². The highest BCUT2D eigenvalue weighted by atomic mass is 32.1. The summed E-state index contributed by atoms with van der Waals surface area (Å²) in [4.78, 5) is 0. The Kier molecular flexibility index (Phi) is 1.97. The fourth-order valence-electron chi connectivity index (χ4n) is 0.718. The van der Waals surface area contributed by atoms with E-state index in [4.69, 9.17) is 4.18 Å². The third-order valence-electron chi connectivity index (χ3n) is 1.16. The normalized spacial score (nSPS) is 31.3. The first-order valence-corrected chi connectivity index (χ1v) is 2.81. The first-order chi connectivity index (χ1) is 3.43. The Bertz CT molecular complexity index is 53.7. The topological polar surface area (TPSA) is 21.3 Å². The standard InChI is InChI=1S/C4H9NOS/c7-6-4-1-2-5-3-4/h4-5,7H,1-3H2. The molecule has 0 spiro atoms. The van der Waals surface area contributed by atoms with Crippen molar-refractivity contribution < 1.29 is 4.18 Å². The number of rotatable bonds is 1. The molecule has 0 aromatic rings. The molecule has 1 atom stereocenters. The molecular formula is C4H9NOS. The van der Waals surface area contributed by atoms with Crippen molar-refractivity contribution in [3.05, 3.63) is 0 Å². The second-order valence-corrected chi connectivity index (χ2v) is 1.93. The highest BCUT2D eigenvalue weighted by molar-refractivity contribution is 7.75. The summed E-state index contributed by atoms with van der Waals surface area (Å²) in [5.41, 5.74) is 0. The van der Waals surface area contributed by atoms with E-state index in [1.807, 2.05) is 0 Å². The summed E-state index contributed by atoms with van der Waals surface area (Å²) in [6, 6.07) is 0. The van der Waals surface area contributed by atoms with Gasteiger partial charge in [-0.05, 0) is 25.9 Å². The number of nitrogens with one attached hydrogen (secondary N) is 1. The van der Waals surface area contributed by atoms with Crippen LogP contribution in [0.2, 0.25) is 0 Å². The molecule has 1 aliphatic rings. The van der Waals surface area contributed by atoms with Crippen LogP contribution < -0.4 is 5.32 Å². The largest absolute Gasteiger partial charge is 0.314 e. The van der Waals surface area contributed by atoms with Crippen LogP contribution in [0.3, 0.4) is 0 Å².